The highest BCUT2D eigenvalue weighted by Crippen LogP contribution is 2.34. The second-order valence-electron chi connectivity index (χ2n) is 5.04. The molecular weight excluding hydrogens is 374 g/mol. The number of halogens is 7. The van der Waals surface area contributed by atoms with Gasteiger partial charge >= 0.3 is 12.4 Å². The van der Waals surface area contributed by atoms with Crippen LogP contribution in [0.25, 0.3) is 0 Å². The zero-order chi connectivity index (χ0) is 19.0. The zero-order valence-electron chi connectivity index (χ0n) is 12.4. The molecule has 1 amide bonds. The molecule has 1 heterocycles. The molecule has 2 aromatic rings. The molecule has 1 aromatic heterocycles. The lowest BCUT2D eigenvalue weighted by Crippen LogP contribution is -2.16. The van der Waals surface area contributed by atoms with E-state index < -0.39 is 40.1 Å². The van der Waals surface area contributed by atoms with Crippen LogP contribution in [0.2, 0.25) is 5.15 Å². The van der Waals surface area contributed by atoms with Gasteiger partial charge in [-0.1, -0.05) is 17.7 Å². The number of hydrogen-bond acceptors (Lipinski definition) is 2. The zero-order valence-corrected chi connectivity index (χ0v) is 13.1. The lowest BCUT2D eigenvalue weighted by Gasteiger charge is -2.13. The molecule has 1 N–H and O–H groups in total. The summed E-state index contributed by atoms with van der Waals surface area (Å²) in [5.74, 6) is -1.11. The van der Waals surface area contributed by atoms with Crippen LogP contribution in [0.3, 0.4) is 0 Å². The van der Waals surface area contributed by atoms with Crippen molar-refractivity contribution in [2.45, 2.75) is 19.3 Å². The third-order valence-corrected chi connectivity index (χ3v) is 3.51. The Balaban J connectivity index is 2.35. The number of carbonyl (C=O) groups is 1. The van der Waals surface area contributed by atoms with Crippen LogP contribution in [0, 0.1) is 6.92 Å². The van der Waals surface area contributed by atoms with E-state index in [1.54, 1.807) is 0 Å². The predicted molar refractivity (Wildman–Crippen MR) is 78.4 cm³/mol. The minimum atomic E-state index is -4.75. The minimum Gasteiger partial charge on any atom is -0.322 e. The van der Waals surface area contributed by atoms with E-state index in [9.17, 15) is 31.1 Å². The Morgan fingerprint density at radius 1 is 1.08 bits per heavy atom. The lowest BCUT2D eigenvalue weighted by molar-refractivity contribution is -0.138. The van der Waals surface area contributed by atoms with E-state index in [2.05, 4.69) is 10.3 Å². The molecule has 2 rings (SSSR count). The van der Waals surface area contributed by atoms with Crippen LogP contribution in [-0.4, -0.2) is 10.9 Å². The Bertz CT molecular complexity index is 817. The number of pyridine rings is 1. The first kappa shape index (κ1) is 19.0. The fourth-order valence-corrected chi connectivity index (χ4v) is 2.16. The van der Waals surface area contributed by atoms with E-state index in [1.165, 1.54) is 13.0 Å². The Labute approximate surface area is 142 Å². The van der Waals surface area contributed by atoms with Gasteiger partial charge in [0.05, 0.1) is 16.7 Å². The second-order valence-corrected chi connectivity index (χ2v) is 5.40. The maximum Gasteiger partial charge on any atom is 0.417 e. The number of nitrogens with one attached hydrogen (secondary N) is 1. The van der Waals surface area contributed by atoms with Crippen molar-refractivity contribution in [2.75, 3.05) is 5.32 Å². The third kappa shape index (κ3) is 4.41. The molecule has 3 nitrogen and oxygen atoms in total. The lowest BCUT2D eigenvalue weighted by atomic mass is 10.1. The molecule has 0 radical (unpaired) electrons. The van der Waals surface area contributed by atoms with Gasteiger partial charge in [-0.25, -0.2) is 4.98 Å². The smallest absolute Gasteiger partial charge is 0.322 e. The van der Waals surface area contributed by atoms with Gasteiger partial charge in [0.2, 0.25) is 0 Å². The standard InChI is InChI=1S/C15H9ClF6N2O/c1-7-2-3-9(5-11(7)15(20,21)22)24-13(25)10-4-8(14(17,18)19)6-23-12(10)16/h2-6H,1H3,(H,24,25). The maximum atomic E-state index is 12.9. The topological polar surface area (TPSA) is 42.0 Å². The van der Waals surface area contributed by atoms with Crippen molar-refractivity contribution in [2.24, 2.45) is 0 Å². The predicted octanol–water partition coefficient (Wildman–Crippen LogP) is 5.33. The number of nitrogens with zero attached hydrogens (tertiary/aromatic N) is 1. The molecule has 0 aliphatic heterocycles. The largest absolute Gasteiger partial charge is 0.417 e. The van der Waals surface area contributed by atoms with E-state index in [1.807, 2.05) is 0 Å². The van der Waals surface area contributed by atoms with Gasteiger partial charge in [0.1, 0.15) is 5.15 Å². The summed E-state index contributed by atoms with van der Waals surface area (Å²) in [5, 5.41) is 1.58. The van der Waals surface area contributed by atoms with Crippen molar-refractivity contribution < 1.29 is 31.1 Å². The molecule has 0 atom stereocenters. The van der Waals surface area contributed by atoms with Crippen LogP contribution >= 0.6 is 11.6 Å². The van der Waals surface area contributed by atoms with E-state index in [0.29, 0.717) is 18.3 Å². The van der Waals surface area contributed by atoms with Crippen molar-refractivity contribution in [3.63, 3.8) is 0 Å². The van der Waals surface area contributed by atoms with Crippen molar-refractivity contribution in [1.29, 1.82) is 0 Å². The molecule has 0 unspecified atom stereocenters. The quantitative estimate of drug-likeness (QED) is 0.563. The van der Waals surface area contributed by atoms with Crippen LogP contribution < -0.4 is 5.32 Å². The van der Waals surface area contributed by atoms with Crippen LogP contribution in [0.1, 0.15) is 27.0 Å². The summed E-state index contributed by atoms with van der Waals surface area (Å²) >= 11 is 5.62. The Hall–Kier alpha value is -2.29. The van der Waals surface area contributed by atoms with Crippen LogP contribution in [-0.2, 0) is 12.4 Å². The average Bonchev–Trinajstić information content (AvgIpc) is 2.47. The summed E-state index contributed by atoms with van der Waals surface area (Å²) < 4.78 is 76.6. The Morgan fingerprint density at radius 3 is 2.28 bits per heavy atom. The number of benzene rings is 1. The first-order chi connectivity index (χ1) is 11.4. The fourth-order valence-electron chi connectivity index (χ4n) is 1.97. The van der Waals surface area contributed by atoms with Crippen molar-refractivity contribution >= 4 is 23.2 Å². The molecule has 25 heavy (non-hydrogen) atoms. The third-order valence-electron chi connectivity index (χ3n) is 3.21. The summed E-state index contributed by atoms with van der Waals surface area (Å²) in [6.07, 6.45) is -8.94. The molecule has 0 spiro atoms. The van der Waals surface area contributed by atoms with Gasteiger partial charge < -0.3 is 5.32 Å². The first-order valence-corrected chi connectivity index (χ1v) is 6.99. The summed E-state index contributed by atoms with van der Waals surface area (Å²) in [4.78, 5) is 15.4. The van der Waals surface area contributed by atoms with E-state index in [4.69, 9.17) is 11.6 Å². The molecule has 0 saturated heterocycles. The average molecular weight is 383 g/mol. The number of carbonyl (C=O) groups excluding carboxylic acids is 1. The van der Waals surface area contributed by atoms with Crippen LogP contribution in [0.5, 0.6) is 0 Å². The van der Waals surface area contributed by atoms with Crippen molar-refractivity contribution in [1.82, 2.24) is 4.98 Å². The maximum absolute atomic E-state index is 12.9. The molecule has 0 bridgehead atoms. The number of amides is 1. The number of aromatic nitrogens is 1. The van der Waals surface area contributed by atoms with E-state index >= 15 is 0 Å². The van der Waals surface area contributed by atoms with Crippen molar-refractivity contribution in [3.8, 4) is 0 Å². The van der Waals surface area contributed by atoms with Gasteiger partial charge in [0.15, 0.2) is 0 Å². The minimum absolute atomic E-state index is 0.0655. The van der Waals surface area contributed by atoms with Crippen LogP contribution in [0.15, 0.2) is 30.5 Å². The molecule has 0 saturated carbocycles. The van der Waals surface area contributed by atoms with Crippen molar-refractivity contribution in [3.05, 3.63) is 57.9 Å². The van der Waals surface area contributed by atoms with Gasteiger partial charge in [-0.3, -0.25) is 4.79 Å². The Kier molecular flexibility index (Phi) is 4.99. The summed E-state index contributed by atoms with van der Waals surface area (Å²) in [6.45, 7) is 1.24. The van der Waals surface area contributed by atoms with Gasteiger partial charge in [-0.15, -0.1) is 0 Å². The van der Waals surface area contributed by atoms with E-state index in [0.717, 1.165) is 6.07 Å². The SMILES string of the molecule is Cc1ccc(NC(=O)c2cc(C(F)(F)F)cnc2Cl)cc1C(F)(F)F. The first-order valence-electron chi connectivity index (χ1n) is 6.61. The van der Waals surface area contributed by atoms with Crippen LogP contribution in [0.4, 0.5) is 32.0 Å². The monoisotopic (exact) mass is 382 g/mol. The number of alkyl halides is 6. The summed E-state index contributed by atoms with van der Waals surface area (Å²) in [5.41, 5.74) is -3.09. The molecule has 1 aromatic carbocycles. The Morgan fingerprint density at radius 2 is 1.72 bits per heavy atom. The van der Waals surface area contributed by atoms with Gasteiger partial charge in [-0.2, -0.15) is 26.3 Å². The number of anilines is 1. The normalized spacial score (nSPS) is 12.2. The summed E-state index contributed by atoms with van der Waals surface area (Å²) in [7, 11) is 0. The van der Waals surface area contributed by atoms with Gasteiger partial charge in [-0.05, 0) is 30.7 Å². The van der Waals surface area contributed by atoms with E-state index in [-0.39, 0.29) is 11.3 Å². The number of aryl methyl sites for hydroxylation is 1. The molecule has 134 valence electrons. The highest BCUT2D eigenvalue weighted by Gasteiger charge is 2.34. The molecule has 10 heteroatoms. The number of rotatable bonds is 2. The summed E-state index contributed by atoms with van der Waals surface area (Å²) in [6, 6.07) is 3.48. The molecule has 0 fully saturated rings. The van der Waals surface area contributed by atoms with Gasteiger partial charge in [0.25, 0.3) is 5.91 Å². The molecule has 0 aliphatic rings. The number of hydrogen-bond donors (Lipinski definition) is 1. The fraction of sp³-hybridized carbons (Fsp3) is 0.200. The van der Waals surface area contributed by atoms with Gasteiger partial charge in [0, 0.05) is 11.9 Å². The second kappa shape index (κ2) is 6.55. The molecule has 0 aliphatic carbocycles. The highest BCUT2D eigenvalue weighted by atomic mass is 35.5. The molecular formula is C15H9ClF6N2O. The highest BCUT2D eigenvalue weighted by molar-refractivity contribution is 6.33.